The molecular weight excluding hydrogens is 244 g/mol. The van der Waals surface area contributed by atoms with Gasteiger partial charge in [-0.2, -0.15) is 0 Å². The number of aryl methyl sites for hydroxylation is 1. The first-order chi connectivity index (χ1) is 9.06. The third-order valence-electron chi connectivity index (χ3n) is 2.69. The number of benzene rings is 1. The monoisotopic (exact) mass is 258 g/mol. The van der Waals surface area contributed by atoms with Crippen molar-refractivity contribution in [1.82, 2.24) is 4.98 Å². The first-order valence-electron chi connectivity index (χ1n) is 5.76. The molecule has 0 unspecified atom stereocenters. The van der Waals surface area contributed by atoms with E-state index in [9.17, 15) is 10.1 Å². The summed E-state index contributed by atoms with van der Waals surface area (Å²) in [6.07, 6.45) is 0. The second kappa shape index (κ2) is 5.34. The highest BCUT2D eigenvalue weighted by molar-refractivity contribution is 5.57. The van der Waals surface area contributed by atoms with E-state index >= 15 is 0 Å². The first-order valence-corrected chi connectivity index (χ1v) is 5.76. The molecule has 0 fully saturated rings. The smallest absolute Gasteiger partial charge is 0.311 e. The van der Waals surface area contributed by atoms with E-state index in [0.717, 1.165) is 5.56 Å². The number of nitrogens with zero attached hydrogens (tertiary/aromatic N) is 2. The average molecular weight is 258 g/mol. The molecule has 1 heterocycles. The van der Waals surface area contributed by atoms with Crippen molar-refractivity contribution in [3.8, 4) is 0 Å². The van der Waals surface area contributed by atoms with E-state index in [2.05, 4.69) is 10.3 Å². The molecular formula is C13H14N4O2. The summed E-state index contributed by atoms with van der Waals surface area (Å²) >= 11 is 0. The van der Waals surface area contributed by atoms with Gasteiger partial charge in [0.05, 0.1) is 4.92 Å². The van der Waals surface area contributed by atoms with Gasteiger partial charge in [-0.05, 0) is 18.6 Å². The minimum atomic E-state index is -0.550. The van der Waals surface area contributed by atoms with Gasteiger partial charge in [0.25, 0.3) is 0 Å². The van der Waals surface area contributed by atoms with Gasteiger partial charge in [-0.3, -0.25) is 10.1 Å². The summed E-state index contributed by atoms with van der Waals surface area (Å²) < 4.78 is 0. The highest BCUT2D eigenvalue weighted by atomic mass is 16.6. The Morgan fingerprint density at radius 2 is 1.95 bits per heavy atom. The number of nitrogens with two attached hydrogens (primary N) is 1. The summed E-state index contributed by atoms with van der Waals surface area (Å²) in [6.45, 7) is 2.61. The number of nitrogens with one attached hydrogen (secondary N) is 1. The van der Waals surface area contributed by atoms with Crippen LogP contribution in [0.3, 0.4) is 0 Å². The van der Waals surface area contributed by atoms with E-state index < -0.39 is 4.92 Å². The maximum Gasteiger partial charge on any atom is 0.311 e. The number of hydrogen-bond donors (Lipinski definition) is 2. The summed E-state index contributed by atoms with van der Waals surface area (Å²) in [7, 11) is 0. The van der Waals surface area contributed by atoms with Crippen LogP contribution in [-0.4, -0.2) is 9.91 Å². The predicted octanol–water partition coefficient (Wildman–Crippen LogP) is 2.49. The normalized spacial score (nSPS) is 10.2. The summed E-state index contributed by atoms with van der Waals surface area (Å²) in [4.78, 5) is 14.0. The van der Waals surface area contributed by atoms with Crippen molar-refractivity contribution in [3.63, 3.8) is 0 Å². The van der Waals surface area contributed by atoms with Crippen molar-refractivity contribution < 1.29 is 4.92 Å². The van der Waals surface area contributed by atoms with Gasteiger partial charge in [-0.15, -0.1) is 0 Å². The number of rotatable bonds is 4. The van der Waals surface area contributed by atoms with Crippen molar-refractivity contribution in [1.29, 1.82) is 0 Å². The number of pyridine rings is 1. The van der Waals surface area contributed by atoms with Gasteiger partial charge in [0.1, 0.15) is 5.82 Å². The van der Waals surface area contributed by atoms with Crippen molar-refractivity contribution in [2.24, 2.45) is 0 Å². The Morgan fingerprint density at radius 1 is 1.26 bits per heavy atom. The molecule has 6 heteroatoms. The summed E-state index contributed by atoms with van der Waals surface area (Å²) in [6, 6.07) is 11.0. The summed E-state index contributed by atoms with van der Waals surface area (Å²) in [5, 5.41) is 13.7. The second-order valence-corrected chi connectivity index (χ2v) is 4.20. The van der Waals surface area contributed by atoms with Gasteiger partial charge in [0.15, 0.2) is 0 Å². The maximum atomic E-state index is 10.6. The molecule has 0 saturated carbocycles. The van der Waals surface area contributed by atoms with Crippen LogP contribution in [0.5, 0.6) is 0 Å². The van der Waals surface area contributed by atoms with E-state index in [1.54, 1.807) is 6.07 Å². The van der Waals surface area contributed by atoms with E-state index in [4.69, 9.17) is 5.73 Å². The molecule has 2 aromatic rings. The molecule has 98 valence electrons. The molecule has 1 aromatic heterocycles. The van der Waals surface area contributed by atoms with E-state index in [1.165, 1.54) is 11.6 Å². The van der Waals surface area contributed by atoms with Crippen molar-refractivity contribution >= 4 is 17.3 Å². The molecule has 3 N–H and O–H groups in total. The molecule has 0 saturated heterocycles. The summed E-state index contributed by atoms with van der Waals surface area (Å²) in [5.74, 6) is 0.433. The lowest BCUT2D eigenvalue weighted by atomic mass is 10.1. The Hall–Kier alpha value is -2.63. The Labute approximate surface area is 110 Å². The Balaban J connectivity index is 2.06. The Morgan fingerprint density at radius 3 is 2.53 bits per heavy atom. The number of hydrogen-bond acceptors (Lipinski definition) is 5. The molecule has 0 amide bonds. The van der Waals surface area contributed by atoms with Crippen LogP contribution in [0.4, 0.5) is 17.3 Å². The Kier molecular flexibility index (Phi) is 3.61. The highest BCUT2D eigenvalue weighted by Crippen LogP contribution is 2.20. The molecule has 6 nitrogen and oxygen atoms in total. The van der Waals surface area contributed by atoms with Crippen LogP contribution in [0.1, 0.15) is 11.1 Å². The van der Waals surface area contributed by atoms with Crippen molar-refractivity contribution in [2.45, 2.75) is 13.5 Å². The highest BCUT2D eigenvalue weighted by Gasteiger charge is 2.12. The molecule has 0 bridgehead atoms. The number of anilines is 2. The number of nitro groups is 1. The lowest BCUT2D eigenvalue weighted by molar-refractivity contribution is -0.384. The topological polar surface area (TPSA) is 94.1 Å². The summed E-state index contributed by atoms with van der Waals surface area (Å²) in [5.41, 5.74) is 7.64. The van der Waals surface area contributed by atoms with Crippen LogP contribution in [0.15, 0.2) is 36.4 Å². The van der Waals surface area contributed by atoms with Crippen molar-refractivity contribution in [2.75, 3.05) is 11.1 Å². The van der Waals surface area contributed by atoms with Crippen molar-refractivity contribution in [3.05, 3.63) is 57.6 Å². The molecule has 0 aliphatic heterocycles. The van der Waals surface area contributed by atoms with Gasteiger partial charge < -0.3 is 11.1 Å². The van der Waals surface area contributed by atoms with Crippen LogP contribution in [0, 0.1) is 17.0 Å². The second-order valence-electron chi connectivity index (χ2n) is 4.20. The van der Waals surface area contributed by atoms with Crippen LogP contribution >= 0.6 is 0 Å². The fourth-order valence-corrected chi connectivity index (χ4v) is 1.62. The zero-order valence-corrected chi connectivity index (χ0v) is 10.5. The number of nitrogen functional groups attached to an aromatic ring is 1. The van der Waals surface area contributed by atoms with Crippen LogP contribution in [0.2, 0.25) is 0 Å². The quantitative estimate of drug-likeness (QED) is 0.649. The lowest BCUT2D eigenvalue weighted by Gasteiger charge is -2.06. The third-order valence-corrected chi connectivity index (χ3v) is 2.69. The van der Waals surface area contributed by atoms with E-state index in [1.807, 2.05) is 31.2 Å². The minimum absolute atomic E-state index is 0.0843. The minimum Gasteiger partial charge on any atom is -0.378 e. The molecule has 0 aliphatic carbocycles. The molecule has 1 aromatic carbocycles. The third kappa shape index (κ3) is 3.19. The predicted molar refractivity (Wildman–Crippen MR) is 73.8 cm³/mol. The molecule has 0 atom stereocenters. The average Bonchev–Trinajstić information content (AvgIpc) is 2.37. The maximum absolute atomic E-state index is 10.6. The van der Waals surface area contributed by atoms with E-state index in [0.29, 0.717) is 12.4 Å². The fraction of sp³-hybridized carbons (Fsp3) is 0.154. The zero-order chi connectivity index (χ0) is 13.8. The standard InChI is InChI=1S/C13H14N4O2/c1-9-2-4-10(5-3-9)8-15-12-7-6-11(17(18)19)13(14)16-12/h2-7H,8H2,1H3,(H3,14,15,16). The van der Waals surface area contributed by atoms with Gasteiger partial charge in [-0.25, -0.2) is 4.98 Å². The van der Waals surface area contributed by atoms with Crippen LogP contribution < -0.4 is 11.1 Å². The lowest BCUT2D eigenvalue weighted by Crippen LogP contribution is -2.04. The van der Waals surface area contributed by atoms with Gasteiger partial charge >= 0.3 is 5.69 Å². The molecule has 0 spiro atoms. The zero-order valence-electron chi connectivity index (χ0n) is 10.5. The number of aromatic nitrogens is 1. The van der Waals surface area contributed by atoms with Crippen LogP contribution in [0.25, 0.3) is 0 Å². The largest absolute Gasteiger partial charge is 0.378 e. The SMILES string of the molecule is Cc1ccc(CNc2ccc([N+](=O)[O-])c(N)n2)cc1. The van der Waals surface area contributed by atoms with Gasteiger partial charge in [-0.1, -0.05) is 29.8 Å². The molecule has 19 heavy (non-hydrogen) atoms. The Bertz CT molecular complexity index is 596. The van der Waals surface area contributed by atoms with Crippen LogP contribution in [-0.2, 0) is 6.54 Å². The van der Waals surface area contributed by atoms with E-state index in [-0.39, 0.29) is 11.5 Å². The first kappa shape index (κ1) is 12.8. The van der Waals surface area contributed by atoms with Gasteiger partial charge in [0, 0.05) is 12.6 Å². The molecule has 2 rings (SSSR count). The molecule has 0 radical (unpaired) electrons. The van der Waals surface area contributed by atoms with Gasteiger partial charge in [0.2, 0.25) is 5.82 Å². The fourth-order valence-electron chi connectivity index (χ4n) is 1.62. The molecule has 0 aliphatic rings.